The summed E-state index contributed by atoms with van der Waals surface area (Å²) in [5.41, 5.74) is 2.10. The van der Waals surface area contributed by atoms with E-state index in [1.165, 1.54) is 6.92 Å². The molecule has 1 N–H and O–H groups in total. The van der Waals surface area contributed by atoms with Crippen molar-refractivity contribution in [1.29, 1.82) is 0 Å². The lowest BCUT2D eigenvalue weighted by Gasteiger charge is -2.14. The highest BCUT2D eigenvalue weighted by Gasteiger charge is 2.17. The Kier molecular flexibility index (Phi) is 3.53. The molecule has 0 radical (unpaired) electrons. The number of aliphatic carboxylic acids is 1. The lowest BCUT2D eigenvalue weighted by atomic mass is 10.0. The van der Waals surface area contributed by atoms with Crippen LogP contribution in [0, 0.1) is 20.8 Å². The van der Waals surface area contributed by atoms with Gasteiger partial charge in [-0.2, -0.15) is 0 Å². The second kappa shape index (κ2) is 5.00. The summed E-state index contributed by atoms with van der Waals surface area (Å²) in [5.74, 6) is -0.648. The fraction of sp³-hybridized carbons (Fsp3) is 0.333. The molecule has 2 aromatic rings. The van der Waals surface area contributed by atoms with Gasteiger partial charge in [-0.1, -0.05) is 0 Å². The number of aryl methyl sites for hydroxylation is 2. The molecule has 1 atom stereocenters. The van der Waals surface area contributed by atoms with E-state index in [2.05, 4.69) is 0 Å². The minimum absolute atomic E-state index is 0.387. The zero-order valence-corrected chi connectivity index (χ0v) is 11.8. The molecule has 0 aliphatic rings. The summed E-state index contributed by atoms with van der Waals surface area (Å²) in [6, 6.07) is 3.47. The molecule has 1 heterocycles. The van der Waals surface area contributed by atoms with E-state index in [0.717, 1.165) is 10.9 Å². The molecule has 106 valence electrons. The molecule has 0 bridgehead atoms. The number of hydrogen-bond donors (Lipinski definition) is 1. The average molecular weight is 276 g/mol. The summed E-state index contributed by atoms with van der Waals surface area (Å²) in [5, 5.41) is 9.70. The zero-order chi connectivity index (χ0) is 15.0. The fourth-order valence-electron chi connectivity index (χ4n) is 1.99. The highest BCUT2D eigenvalue weighted by Crippen LogP contribution is 2.29. The van der Waals surface area contributed by atoms with Gasteiger partial charge in [-0.3, -0.25) is 0 Å². The molecule has 1 aromatic heterocycles. The Labute approximate surface area is 115 Å². The van der Waals surface area contributed by atoms with Gasteiger partial charge in [0, 0.05) is 16.5 Å². The highest BCUT2D eigenvalue weighted by atomic mass is 16.5. The molecule has 0 fully saturated rings. The number of ether oxygens (including phenoxy) is 1. The first-order valence-electron chi connectivity index (χ1n) is 6.26. The van der Waals surface area contributed by atoms with Crippen molar-refractivity contribution >= 4 is 16.9 Å². The molecule has 0 spiro atoms. The van der Waals surface area contributed by atoms with Gasteiger partial charge in [0.15, 0.2) is 6.10 Å². The quantitative estimate of drug-likeness (QED) is 0.872. The van der Waals surface area contributed by atoms with Crippen molar-refractivity contribution in [3.8, 4) is 5.75 Å². The van der Waals surface area contributed by atoms with Crippen molar-refractivity contribution in [3.05, 3.63) is 39.2 Å². The summed E-state index contributed by atoms with van der Waals surface area (Å²) >= 11 is 0. The van der Waals surface area contributed by atoms with Crippen LogP contribution >= 0.6 is 0 Å². The third-order valence-electron chi connectivity index (χ3n) is 3.48. The van der Waals surface area contributed by atoms with Crippen LogP contribution in [0.25, 0.3) is 11.0 Å². The van der Waals surface area contributed by atoms with Crippen molar-refractivity contribution in [1.82, 2.24) is 0 Å². The highest BCUT2D eigenvalue weighted by molar-refractivity contribution is 5.85. The predicted molar refractivity (Wildman–Crippen MR) is 74.4 cm³/mol. The van der Waals surface area contributed by atoms with Crippen molar-refractivity contribution in [2.24, 2.45) is 0 Å². The van der Waals surface area contributed by atoms with Crippen LogP contribution in [0.5, 0.6) is 5.75 Å². The largest absolute Gasteiger partial charge is 0.479 e. The molecule has 5 heteroatoms. The molecule has 2 rings (SSSR count). The maximum Gasteiger partial charge on any atom is 0.344 e. The Balaban J connectivity index is 2.63. The van der Waals surface area contributed by atoms with Crippen LogP contribution in [0.15, 0.2) is 21.3 Å². The van der Waals surface area contributed by atoms with Crippen molar-refractivity contribution in [2.45, 2.75) is 33.8 Å². The zero-order valence-electron chi connectivity index (χ0n) is 11.8. The minimum Gasteiger partial charge on any atom is -0.479 e. The summed E-state index contributed by atoms with van der Waals surface area (Å²) in [6.45, 7) is 6.76. The van der Waals surface area contributed by atoms with Gasteiger partial charge in [-0.25, -0.2) is 9.59 Å². The Morgan fingerprint density at radius 1 is 1.20 bits per heavy atom. The van der Waals surface area contributed by atoms with Crippen LogP contribution in [0.2, 0.25) is 0 Å². The van der Waals surface area contributed by atoms with E-state index in [-0.39, 0.29) is 5.63 Å². The Morgan fingerprint density at radius 2 is 1.85 bits per heavy atom. The number of carboxylic acids is 1. The average Bonchev–Trinajstić information content (AvgIpc) is 2.40. The third kappa shape index (κ3) is 2.27. The number of rotatable bonds is 3. The van der Waals surface area contributed by atoms with Gasteiger partial charge in [0.1, 0.15) is 11.3 Å². The molecule has 0 saturated heterocycles. The molecule has 20 heavy (non-hydrogen) atoms. The van der Waals surface area contributed by atoms with E-state index in [9.17, 15) is 9.59 Å². The van der Waals surface area contributed by atoms with Crippen LogP contribution in [0.3, 0.4) is 0 Å². The minimum atomic E-state index is -1.05. The first-order chi connectivity index (χ1) is 9.32. The number of benzene rings is 1. The van der Waals surface area contributed by atoms with Gasteiger partial charge < -0.3 is 14.3 Å². The summed E-state index contributed by atoms with van der Waals surface area (Å²) in [4.78, 5) is 22.6. The monoisotopic (exact) mass is 276 g/mol. The van der Waals surface area contributed by atoms with Gasteiger partial charge in [0.25, 0.3) is 0 Å². The predicted octanol–water partition coefficient (Wildman–Crippen LogP) is 2.57. The molecule has 0 unspecified atom stereocenters. The first-order valence-corrected chi connectivity index (χ1v) is 6.26. The lowest BCUT2D eigenvalue weighted by Crippen LogP contribution is -2.23. The Morgan fingerprint density at radius 3 is 2.45 bits per heavy atom. The van der Waals surface area contributed by atoms with Gasteiger partial charge >= 0.3 is 11.6 Å². The maximum absolute atomic E-state index is 11.7. The lowest BCUT2D eigenvalue weighted by molar-refractivity contribution is -0.144. The Bertz CT molecular complexity index is 742. The topological polar surface area (TPSA) is 76.7 Å². The van der Waals surface area contributed by atoms with Crippen LogP contribution in [-0.4, -0.2) is 17.2 Å². The van der Waals surface area contributed by atoms with Crippen LogP contribution in [0.1, 0.15) is 23.6 Å². The van der Waals surface area contributed by atoms with Crippen molar-refractivity contribution < 1.29 is 19.1 Å². The van der Waals surface area contributed by atoms with Crippen molar-refractivity contribution in [3.63, 3.8) is 0 Å². The van der Waals surface area contributed by atoms with Gasteiger partial charge in [0.2, 0.25) is 0 Å². The second-order valence-electron chi connectivity index (χ2n) is 4.80. The molecule has 0 aliphatic carbocycles. The molecule has 0 saturated carbocycles. The van der Waals surface area contributed by atoms with E-state index in [1.807, 2.05) is 6.92 Å². The summed E-state index contributed by atoms with van der Waals surface area (Å²) in [7, 11) is 0. The number of carboxylic acid groups (broad SMARTS) is 1. The van der Waals surface area contributed by atoms with Crippen LogP contribution < -0.4 is 10.4 Å². The number of carbonyl (C=O) groups is 1. The second-order valence-corrected chi connectivity index (χ2v) is 4.80. The van der Waals surface area contributed by atoms with E-state index >= 15 is 0 Å². The summed E-state index contributed by atoms with van der Waals surface area (Å²) in [6.07, 6.45) is -0.968. The molecule has 5 nitrogen and oxygen atoms in total. The first kappa shape index (κ1) is 14.1. The number of hydrogen-bond acceptors (Lipinski definition) is 4. The van der Waals surface area contributed by atoms with Gasteiger partial charge in [-0.05, 0) is 45.4 Å². The normalized spacial score (nSPS) is 12.4. The molecular formula is C15H16O5. The molecular weight excluding hydrogens is 260 g/mol. The standard InChI is InChI=1S/C15H16O5/c1-7-8(2)15(18)20-13-9(3)12(6-5-11(7)13)19-10(4)14(16)17/h5-6,10H,1-4H3,(H,16,17)/t10-/m0/s1. The van der Waals surface area contributed by atoms with Gasteiger partial charge in [0.05, 0.1) is 0 Å². The van der Waals surface area contributed by atoms with Crippen LogP contribution in [0.4, 0.5) is 0 Å². The fourth-order valence-corrected chi connectivity index (χ4v) is 1.99. The van der Waals surface area contributed by atoms with Gasteiger partial charge in [-0.15, -0.1) is 0 Å². The van der Waals surface area contributed by atoms with E-state index in [1.54, 1.807) is 26.0 Å². The van der Waals surface area contributed by atoms with E-state index in [4.69, 9.17) is 14.3 Å². The van der Waals surface area contributed by atoms with Crippen molar-refractivity contribution in [2.75, 3.05) is 0 Å². The van der Waals surface area contributed by atoms with E-state index < -0.39 is 12.1 Å². The van der Waals surface area contributed by atoms with Crippen LogP contribution in [-0.2, 0) is 4.79 Å². The number of fused-ring (bicyclic) bond motifs is 1. The molecule has 0 amide bonds. The maximum atomic E-state index is 11.7. The third-order valence-corrected chi connectivity index (χ3v) is 3.48. The summed E-state index contributed by atoms with van der Waals surface area (Å²) < 4.78 is 10.7. The molecule has 0 aliphatic heterocycles. The Hall–Kier alpha value is -2.30. The SMILES string of the molecule is Cc1c(C)c2ccc(O[C@@H](C)C(=O)O)c(C)c2oc1=O. The van der Waals surface area contributed by atoms with E-state index in [0.29, 0.717) is 22.5 Å². The smallest absolute Gasteiger partial charge is 0.344 e. The molecule has 1 aromatic carbocycles.